The molecule has 0 amide bonds. The Morgan fingerprint density at radius 2 is 1.44 bits per heavy atom. The maximum Gasteiger partial charge on any atom is 0.309 e. The van der Waals surface area contributed by atoms with Crippen molar-refractivity contribution in [1.82, 2.24) is 0 Å². The number of rotatable bonds is 4. The van der Waals surface area contributed by atoms with Crippen molar-refractivity contribution in [2.75, 3.05) is 12.4 Å². The molecule has 1 aliphatic carbocycles. The average molecular weight is 329 g/mol. The van der Waals surface area contributed by atoms with E-state index in [4.69, 9.17) is 4.74 Å². The van der Waals surface area contributed by atoms with Gasteiger partial charge in [-0.25, -0.2) is 0 Å². The normalized spacial score (nSPS) is 12.4. The van der Waals surface area contributed by atoms with Gasteiger partial charge in [-0.2, -0.15) is 0 Å². The molecule has 0 aromatic heterocycles. The molecular formula is C22H19NO2. The molecule has 0 unspecified atom stereocenters. The van der Waals surface area contributed by atoms with Gasteiger partial charge in [-0.05, 0) is 39.9 Å². The molecule has 3 nitrogen and oxygen atoms in total. The fourth-order valence-electron chi connectivity index (χ4n) is 3.44. The van der Waals surface area contributed by atoms with Gasteiger partial charge in [-0.15, -0.1) is 0 Å². The second-order valence-electron chi connectivity index (χ2n) is 6.20. The van der Waals surface area contributed by atoms with Crippen LogP contribution in [0, 0.1) is 0 Å². The summed E-state index contributed by atoms with van der Waals surface area (Å²) in [6.45, 7) is 0. The number of anilines is 1. The molecule has 0 heterocycles. The Bertz CT molecular complexity index is 870. The van der Waals surface area contributed by atoms with Crippen molar-refractivity contribution in [2.45, 2.75) is 12.5 Å². The fourth-order valence-corrected chi connectivity index (χ4v) is 3.44. The third-order valence-corrected chi connectivity index (χ3v) is 4.67. The van der Waals surface area contributed by atoms with Gasteiger partial charge in [0.05, 0.1) is 19.6 Å². The summed E-state index contributed by atoms with van der Waals surface area (Å²) in [5, 5.41) is 3.63. The number of hydrogen-bond donors (Lipinski definition) is 1. The molecule has 1 aliphatic rings. The third kappa shape index (κ3) is 2.89. The smallest absolute Gasteiger partial charge is 0.309 e. The van der Waals surface area contributed by atoms with Gasteiger partial charge in [0.15, 0.2) is 0 Å². The summed E-state index contributed by atoms with van der Waals surface area (Å²) in [7, 11) is 1.41. The predicted molar refractivity (Wildman–Crippen MR) is 99.5 cm³/mol. The molecular weight excluding hydrogens is 310 g/mol. The Morgan fingerprint density at radius 1 is 0.880 bits per heavy atom. The van der Waals surface area contributed by atoms with Crippen LogP contribution in [0.1, 0.15) is 22.7 Å². The highest BCUT2D eigenvalue weighted by atomic mass is 16.5. The zero-order chi connectivity index (χ0) is 17.2. The van der Waals surface area contributed by atoms with Gasteiger partial charge in [0.1, 0.15) is 0 Å². The number of nitrogens with one attached hydrogen (secondary N) is 1. The van der Waals surface area contributed by atoms with Crippen LogP contribution >= 0.6 is 0 Å². The summed E-state index contributed by atoms with van der Waals surface area (Å²) in [5.41, 5.74) is 7.15. The number of methoxy groups -OCH3 is 1. The van der Waals surface area contributed by atoms with E-state index >= 15 is 0 Å². The van der Waals surface area contributed by atoms with Crippen molar-refractivity contribution >= 4 is 11.7 Å². The van der Waals surface area contributed by atoms with Crippen LogP contribution in [0.2, 0.25) is 0 Å². The lowest BCUT2D eigenvalue weighted by Crippen LogP contribution is -2.09. The lowest BCUT2D eigenvalue weighted by atomic mass is 10.0. The van der Waals surface area contributed by atoms with E-state index in [1.54, 1.807) is 0 Å². The van der Waals surface area contributed by atoms with E-state index in [2.05, 4.69) is 53.8 Å². The second-order valence-corrected chi connectivity index (χ2v) is 6.20. The highest BCUT2D eigenvalue weighted by Crippen LogP contribution is 2.44. The molecule has 4 rings (SSSR count). The molecule has 3 aromatic rings. The van der Waals surface area contributed by atoms with Crippen molar-refractivity contribution < 1.29 is 9.53 Å². The number of fused-ring (bicyclic) bond motifs is 3. The minimum Gasteiger partial charge on any atom is -0.469 e. The molecule has 0 spiro atoms. The lowest BCUT2D eigenvalue weighted by Gasteiger charge is -2.17. The monoisotopic (exact) mass is 329 g/mol. The first-order valence-corrected chi connectivity index (χ1v) is 8.37. The van der Waals surface area contributed by atoms with E-state index in [1.807, 2.05) is 24.3 Å². The second kappa shape index (κ2) is 6.44. The molecule has 0 radical (unpaired) electrons. The summed E-state index contributed by atoms with van der Waals surface area (Å²) in [6, 6.07) is 25.1. The number of esters is 1. The van der Waals surface area contributed by atoms with Gasteiger partial charge in [0.25, 0.3) is 0 Å². The van der Waals surface area contributed by atoms with E-state index in [1.165, 1.54) is 29.4 Å². The van der Waals surface area contributed by atoms with E-state index in [9.17, 15) is 4.79 Å². The van der Waals surface area contributed by atoms with Crippen LogP contribution in [-0.4, -0.2) is 13.1 Å². The number of benzene rings is 3. The van der Waals surface area contributed by atoms with Crippen LogP contribution < -0.4 is 5.32 Å². The van der Waals surface area contributed by atoms with E-state index in [0.29, 0.717) is 6.42 Å². The van der Waals surface area contributed by atoms with Gasteiger partial charge in [0.2, 0.25) is 0 Å². The predicted octanol–water partition coefficient (Wildman–Crippen LogP) is 4.58. The largest absolute Gasteiger partial charge is 0.469 e. The molecule has 0 aliphatic heterocycles. The van der Waals surface area contributed by atoms with E-state index in [0.717, 1.165) is 11.3 Å². The van der Waals surface area contributed by atoms with Crippen molar-refractivity contribution in [2.24, 2.45) is 0 Å². The van der Waals surface area contributed by atoms with Crippen LogP contribution in [0.3, 0.4) is 0 Å². The van der Waals surface area contributed by atoms with Crippen LogP contribution in [0.15, 0.2) is 72.8 Å². The third-order valence-electron chi connectivity index (χ3n) is 4.67. The van der Waals surface area contributed by atoms with Gasteiger partial charge < -0.3 is 10.1 Å². The van der Waals surface area contributed by atoms with Gasteiger partial charge in [-0.1, -0.05) is 60.7 Å². The van der Waals surface area contributed by atoms with Crippen LogP contribution in [0.25, 0.3) is 11.1 Å². The molecule has 1 N–H and O–H groups in total. The highest BCUT2D eigenvalue weighted by molar-refractivity contribution is 5.80. The van der Waals surface area contributed by atoms with Gasteiger partial charge in [0, 0.05) is 5.69 Å². The summed E-state index contributed by atoms with van der Waals surface area (Å²) in [4.78, 5) is 11.4. The maximum atomic E-state index is 11.4. The Labute approximate surface area is 147 Å². The molecule has 0 saturated heterocycles. The maximum absolute atomic E-state index is 11.4. The van der Waals surface area contributed by atoms with Gasteiger partial charge in [-0.3, -0.25) is 4.79 Å². The number of carbonyl (C=O) groups is 1. The molecule has 0 saturated carbocycles. The summed E-state index contributed by atoms with van der Waals surface area (Å²) in [6.07, 6.45) is 0.297. The van der Waals surface area contributed by atoms with Crippen molar-refractivity contribution in [3.8, 4) is 11.1 Å². The Hall–Kier alpha value is -3.07. The lowest BCUT2D eigenvalue weighted by molar-refractivity contribution is -0.139. The number of hydrogen-bond acceptors (Lipinski definition) is 3. The standard InChI is InChI=1S/C22H19NO2/c1-25-21(24)14-15-10-12-16(13-11-15)23-22-19-8-4-2-6-17(19)18-7-3-5-9-20(18)22/h2-13,22-23H,14H2,1H3. The quantitative estimate of drug-likeness (QED) is 0.712. The SMILES string of the molecule is COC(=O)Cc1ccc(NC2c3ccccc3-c3ccccc32)cc1. The minimum atomic E-state index is -0.223. The average Bonchev–Trinajstić information content (AvgIpc) is 2.97. The summed E-state index contributed by atoms with van der Waals surface area (Å²) < 4.78 is 4.72. The Morgan fingerprint density at radius 3 is 2.00 bits per heavy atom. The first-order chi connectivity index (χ1) is 12.3. The van der Waals surface area contributed by atoms with Crippen molar-refractivity contribution in [3.63, 3.8) is 0 Å². The Balaban J connectivity index is 1.62. The fraction of sp³-hybridized carbons (Fsp3) is 0.136. The van der Waals surface area contributed by atoms with Gasteiger partial charge >= 0.3 is 5.97 Å². The first-order valence-electron chi connectivity index (χ1n) is 8.37. The number of ether oxygens (including phenoxy) is 1. The molecule has 3 aromatic carbocycles. The highest BCUT2D eigenvalue weighted by Gasteiger charge is 2.27. The first kappa shape index (κ1) is 15.5. The molecule has 0 fully saturated rings. The zero-order valence-electron chi connectivity index (χ0n) is 14.0. The van der Waals surface area contributed by atoms with Crippen LogP contribution in [0.4, 0.5) is 5.69 Å². The van der Waals surface area contributed by atoms with Crippen LogP contribution in [-0.2, 0) is 16.0 Å². The Kier molecular flexibility index (Phi) is 3.98. The van der Waals surface area contributed by atoms with E-state index in [-0.39, 0.29) is 12.0 Å². The van der Waals surface area contributed by atoms with Crippen molar-refractivity contribution in [1.29, 1.82) is 0 Å². The zero-order valence-corrected chi connectivity index (χ0v) is 14.0. The molecule has 3 heteroatoms. The molecule has 0 bridgehead atoms. The summed E-state index contributed by atoms with van der Waals surface area (Å²) in [5.74, 6) is -0.223. The van der Waals surface area contributed by atoms with E-state index < -0.39 is 0 Å². The number of carbonyl (C=O) groups excluding carboxylic acids is 1. The van der Waals surface area contributed by atoms with Crippen molar-refractivity contribution in [3.05, 3.63) is 89.5 Å². The molecule has 0 atom stereocenters. The minimum absolute atomic E-state index is 0.138. The molecule has 25 heavy (non-hydrogen) atoms. The van der Waals surface area contributed by atoms with Crippen LogP contribution in [0.5, 0.6) is 0 Å². The molecule has 124 valence electrons. The summed E-state index contributed by atoms with van der Waals surface area (Å²) >= 11 is 0. The topological polar surface area (TPSA) is 38.3 Å².